The van der Waals surface area contributed by atoms with Gasteiger partial charge in [0.1, 0.15) is 11.9 Å². The number of hydrogen-bond donors (Lipinski definition) is 1. The molecule has 2 aliphatic rings. The SMILES string of the molecule is CC1(C)OB(c2cc(Cl)c3c(c2)CC(CN)O3)OC1(C)C. The normalized spacial score (nSPS) is 25.8. The number of fused-ring (bicyclic) bond motifs is 1. The van der Waals surface area contributed by atoms with E-state index in [2.05, 4.69) is 6.07 Å². The summed E-state index contributed by atoms with van der Waals surface area (Å²) in [6.07, 6.45) is 0.782. The molecule has 1 saturated heterocycles. The maximum Gasteiger partial charge on any atom is 0.494 e. The Kier molecular flexibility index (Phi) is 3.52. The van der Waals surface area contributed by atoms with Crippen molar-refractivity contribution >= 4 is 24.2 Å². The van der Waals surface area contributed by atoms with Gasteiger partial charge in [0, 0.05) is 13.0 Å². The Hall–Kier alpha value is -0.745. The molecule has 114 valence electrons. The molecule has 1 aromatic rings. The van der Waals surface area contributed by atoms with Crippen LogP contribution in [-0.2, 0) is 15.7 Å². The van der Waals surface area contributed by atoms with Gasteiger partial charge in [-0.25, -0.2) is 0 Å². The average molecular weight is 310 g/mol. The highest BCUT2D eigenvalue weighted by molar-refractivity contribution is 6.62. The summed E-state index contributed by atoms with van der Waals surface area (Å²) in [5, 5.41) is 0.591. The summed E-state index contributed by atoms with van der Waals surface area (Å²) in [5.74, 6) is 0.743. The zero-order chi connectivity index (χ0) is 15.4. The van der Waals surface area contributed by atoms with E-state index in [1.165, 1.54) is 0 Å². The summed E-state index contributed by atoms with van der Waals surface area (Å²) >= 11 is 6.34. The molecule has 0 bridgehead atoms. The Balaban J connectivity index is 1.91. The highest BCUT2D eigenvalue weighted by Crippen LogP contribution is 2.39. The van der Waals surface area contributed by atoms with E-state index in [0.717, 1.165) is 23.2 Å². The van der Waals surface area contributed by atoms with Gasteiger partial charge in [0.25, 0.3) is 0 Å². The van der Waals surface area contributed by atoms with Crippen LogP contribution in [0.25, 0.3) is 0 Å². The molecule has 6 heteroatoms. The largest absolute Gasteiger partial charge is 0.494 e. The lowest BCUT2D eigenvalue weighted by atomic mass is 9.78. The van der Waals surface area contributed by atoms with Crippen LogP contribution in [0.2, 0.25) is 5.02 Å². The molecule has 0 aromatic heterocycles. The lowest BCUT2D eigenvalue weighted by Crippen LogP contribution is -2.41. The lowest BCUT2D eigenvalue weighted by molar-refractivity contribution is 0.00578. The van der Waals surface area contributed by atoms with Gasteiger partial charge in [-0.15, -0.1) is 0 Å². The number of halogens is 1. The van der Waals surface area contributed by atoms with E-state index in [1.54, 1.807) is 0 Å². The summed E-state index contributed by atoms with van der Waals surface area (Å²) in [5.41, 5.74) is 6.96. The molecule has 1 atom stereocenters. The molecule has 2 aliphatic heterocycles. The van der Waals surface area contributed by atoms with Gasteiger partial charge in [-0.3, -0.25) is 0 Å². The molecule has 3 rings (SSSR count). The zero-order valence-corrected chi connectivity index (χ0v) is 13.7. The van der Waals surface area contributed by atoms with Gasteiger partial charge in [0.15, 0.2) is 0 Å². The summed E-state index contributed by atoms with van der Waals surface area (Å²) in [4.78, 5) is 0. The smallest absolute Gasteiger partial charge is 0.487 e. The molecule has 1 fully saturated rings. The monoisotopic (exact) mass is 309 g/mol. The molecule has 1 unspecified atom stereocenters. The Morgan fingerprint density at radius 3 is 2.43 bits per heavy atom. The third-order valence-electron chi connectivity index (χ3n) is 4.66. The highest BCUT2D eigenvalue weighted by Gasteiger charge is 2.52. The molecule has 0 aliphatic carbocycles. The molecule has 0 amide bonds. The van der Waals surface area contributed by atoms with E-state index in [-0.39, 0.29) is 17.3 Å². The summed E-state index contributed by atoms with van der Waals surface area (Å²) in [6.45, 7) is 8.63. The number of nitrogens with two attached hydrogens (primary N) is 1. The molecular weight excluding hydrogens is 288 g/mol. The second-order valence-corrected chi connectivity index (χ2v) is 7.17. The van der Waals surface area contributed by atoms with E-state index in [4.69, 9.17) is 31.4 Å². The van der Waals surface area contributed by atoms with Crippen molar-refractivity contribution in [3.8, 4) is 5.75 Å². The van der Waals surface area contributed by atoms with Gasteiger partial charge in [-0.1, -0.05) is 17.7 Å². The second kappa shape index (κ2) is 4.88. The minimum atomic E-state index is -0.408. The van der Waals surface area contributed by atoms with Crippen LogP contribution in [0.15, 0.2) is 12.1 Å². The second-order valence-electron chi connectivity index (χ2n) is 6.76. The van der Waals surface area contributed by atoms with Gasteiger partial charge in [0.2, 0.25) is 0 Å². The Bertz CT molecular complexity index is 560. The zero-order valence-electron chi connectivity index (χ0n) is 12.9. The summed E-state index contributed by atoms with van der Waals surface area (Å²) in [7, 11) is -0.408. The lowest BCUT2D eigenvalue weighted by Gasteiger charge is -2.32. The maximum absolute atomic E-state index is 6.34. The van der Waals surface area contributed by atoms with Crippen molar-refractivity contribution in [2.45, 2.75) is 51.4 Å². The van der Waals surface area contributed by atoms with Crippen LogP contribution in [0.1, 0.15) is 33.3 Å². The van der Waals surface area contributed by atoms with Crippen LogP contribution < -0.4 is 15.9 Å². The van der Waals surface area contributed by atoms with Crippen molar-refractivity contribution in [2.24, 2.45) is 5.73 Å². The van der Waals surface area contributed by atoms with E-state index in [1.807, 2.05) is 33.8 Å². The first-order chi connectivity index (χ1) is 9.73. The fourth-order valence-corrected chi connectivity index (χ4v) is 2.95. The molecule has 2 heterocycles. The van der Waals surface area contributed by atoms with Crippen LogP contribution in [0, 0.1) is 0 Å². The fourth-order valence-electron chi connectivity index (χ4n) is 2.66. The third kappa shape index (κ3) is 2.46. The third-order valence-corrected chi connectivity index (χ3v) is 4.94. The van der Waals surface area contributed by atoms with Crippen LogP contribution >= 0.6 is 11.6 Å². The van der Waals surface area contributed by atoms with Crippen LogP contribution in [0.4, 0.5) is 0 Å². The summed E-state index contributed by atoms with van der Waals surface area (Å²) in [6, 6.07) is 3.92. The van der Waals surface area contributed by atoms with Crippen molar-refractivity contribution in [3.05, 3.63) is 22.7 Å². The topological polar surface area (TPSA) is 53.7 Å². The average Bonchev–Trinajstić information content (AvgIpc) is 2.89. The molecule has 4 nitrogen and oxygen atoms in total. The van der Waals surface area contributed by atoms with E-state index < -0.39 is 7.12 Å². The number of benzene rings is 1. The molecule has 21 heavy (non-hydrogen) atoms. The summed E-state index contributed by atoms with van der Waals surface area (Å²) < 4.78 is 17.9. The molecular formula is C15H21BClNO3. The fraction of sp³-hybridized carbons (Fsp3) is 0.600. The quantitative estimate of drug-likeness (QED) is 0.848. The Morgan fingerprint density at radius 2 is 1.86 bits per heavy atom. The Morgan fingerprint density at radius 1 is 1.24 bits per heavy atom. The highest BCUT2D eigenvalue weighted by atomic mass is 35.5. The minimum absolute atomic E-state index is 0.00560. The number of hydrogen-bond acceptors (Lipinski definition) is 4. The number of ether oxygens (including phenoxy) is 1. The van der Waals surface area contributed by atoms with Crippen molar-refractivity contribution in [3.63, 3.8) is 0 Å². The first-order valence-corrected chi connectivity index (χ1v) is 7.66. The molecule has 0 saturated carbocycles. The van der Waals surface area contributed by atoms with E-state index >= 15 is 0 Å². The van der Waals surface area contributed by atoms with Crippen molar-refractivity contribution < 1.29 is 14.0 Å². The number of rotatable bonds is 2. The van der Waals surface area contributed by atoms with Crippen molar-refractivity contribution in [1.82, 2.24) is 0 Å². The first kappa shape index (κ1) is 15.2. The molecule has 0 radical (unpaired) electrons. The van der Waals surface area contributed by atoms with Crippen molar-refractivity contribution in [1.29, 1.82) is 0 Å². The van der Waals surface area contributed by atoms with Crippen molar-refractivity contribution in [2.75, 3.05) is 6.54 Å². The predicted octanol–water partition coefficient (Wildman–Crippen LogP) is 1.90. The Labute approximate surface area is 131 Å². The van der Waals surface area contributed by atoms with Gasteiger partial charge < -0.3 is 19.8 Å². The molecule has 1 aromatic carbocycles. The van der Waals surface area contributed by atoms with Gasteiger partial charge in [-0.05, 0) is 44.8 Å². The minimum Gasteiger partial charge on any atom is -0.487 e. The first-order valence-electron chi connectivity index (χ1n) is 7.28. The van der Waals surface area contributed by atoms with Crippen LogP contribution in [-0.4, -0.2) is 31.0 Å². The van der Waals surface area contributed by atoms with Crippen LogP contribution in [0.5, 0.6) is 5.75 Å². The standard InChI is InChI=1S/C15H21BClNO3/c1-14(2)15(3,4)21-16(20-14)10-5-9-6-11(8-18)19-13(9)12(17)7-10/h5,7,11H,6,8,18H2,1-4H3. The van der Waals surface area contributed by atoms with E-state index in [0.29, 0.717) is 11.6 Å². The van der Waals surface area contributed by atoms with Gasteiger partial charge in [-0.2, -0.15) is 0 Å². The van der Waals surface area contributed by atoms with Gasteiger partial charge in [0.05, 0.1) is 16.2 Å². The van der Waals surface area contributed by atoms with Gasteiger partial charge >= 0.3 is 7.12 Å². The van der Waals surface area contributed by atoms with Crippen LogP contribution in [0.3, 0.4) is 0 Å². The maximum atomic E-state index is 6.34. The predicted molar refractivity (Wildman–Crippen MR) is 84.3 cm³/mol. The molecule has 0 spiro atoms. The van der Waals surface area contributed by atoms with E-state index in [9.17, 15) is 0 Å². The molecule has 2 N–H and O–H groups in total.